The molecule has 0 fully saturated rings. The second kappa shape index (κ2) is 10.0. The number of rotatable bonds is 8. The summed E-state index contributed by atoms with van der Waals surface area (Å²) in [6.07, 6.45) is 0.445. The Morgan fingerprint density at radius 2 is 1.69 bits per heavy atom. The van der Waals surface area contributed by atoms with Gasteiger partial charge in [-0.3, -0.25) is 9.59 Å². The molecule has 1 unspecified atom stereocenters. The molecule has 2 rings (SSSR count). The van der Waals surface area contributed by atoms with E-state index in [1.165, 1.54) is 17.0 Å². The number of amides is 2. The molecule has 0 saturated heterocycles. The van der Waals surface area contributed by atoms with Crippen molar-refractivity contribution < 1.29 is 18.7 Å². The molecule has 0 aliphatic carbocycles. The Morgan fingerprint density at radius 1 is 1.07 bits per heavy atom. The Hall–Kier alpha value is -2.89. The van der Waals surface area contributed by atoms with Crippen molar-refractivity contribution in [1.29, 1.82) is 0 Å². The van der Waals surface area contributed by atoms with Gasteiger partial charge in [0.25, 0.3) is 5.91 Å². The molecular formula is C23H29FN2O3. The predicted molar refractivity (Wildman–Crippen MR) is 111 cm³/mol. The van der Waals surface area contributed by atoms with Crippen LogP contribution in [0, 0.1) is 5.82 Å². The fraction of sp³-hybridized carbons (Fsp3) is 0.391. The number of carbonyl (C=O) groups excluding carboxylic acids is 2. The smallest absolute Gasteiger partial charge is 0.261 e. The van der Waals surface area contributed by atoms with E-state index in [2.05, 4.69) is 5.32 Å². The minimum absolute atomic E-state index is 0.188. The summed E-state index contributed by atoms with van der Waals surface area (Å²) in [6, 6.07) is 14.3. The van der Waals surface area contributed by atoms with Gasteiger partial charge < -0.3 is 15.0 Å². The Bertz CT molecular complexity index is 801. The summed E-state index contributed by atoms with van der Waals surface area (Å²) in [5.74, 6) is -0.310. The molecule has 0 spiro atoms. The van der Waals surface area contributed by atoms with Crippen molar-refractivity contribution in [3.8, 4) is 5.75 Å². The quantitative estimate of drug-likeness (QED) is 0.731. The number of hydrogen-bond donors (Lipinski definition) is 1. The molecule has 6 heteroatoms. The van der Waals surface area contributed by atoms with E-state index in [9.17, 15) is 14.0 Å². The molecule has 2 aromatic carbocycles. The van der Waals surface area contributed by atoms with E-state index in [4.69, 9.17) is 4.74 Å². The normalized spacial score (nSPS) is 12.2. The number of nitrogens with one attached hydrogen (secondary N) is 1. The Labute approximate surface area is 171 Å². The fourth-order valence-corrected chi connectivity index (χ4v) is 2.90. The second-order valence-corrected chi connectivity index (χ2v) is 7.91. The van der Waals surface area contributed by atoms with E-state index < -0.39 is 11.6 Å². The van der Waals surface area contributed by atoms with Crippen LogP contribution in [0.15, 0.2) is 54.6 Å². The van der Waals surface area contributed by atoms with Gasteiger partial charge in [0, 0.05) is 12.1 Å². The first-order valence-electron chi connectivity index (χ1n) is 9.73. The number of carbonyl (C=O) groups is 2. The molecular weight excluding hydrogens is 371 g/mol. The Kier molecular flexibility index (Phi) is 7.76. The topological polar surface area (TPSA) is 58.6 Å². The number of nitrogens with zero attached hydrogens (tertiary/aromatic N) is 1. The molecule has 0 saturated carbocycles. The van der Waals surface area contributed by atoms with Gasteiger partial charge in [0.1, 0.15) is 17.6 Å². The molecule has 0 aliphatic rings. The van der Waals surface area contributed by atoms with Crippen molar-refractivity contribution in [3.63, 3.8) is 0 Å². The van der Waals surface area contributed by atoms with Crippen molar-refractivity contribution in [2.24, 2.45) is 0 Å². The van der Waals surface area contributed by atoms with E-state index in [-0.39, 0.29) is 30.8 Å². The highest BCUT2D eigenvalue weighted by Crippen LogP contribution is 2.15. The molecule has 156 valence electrons. The van der Waals surface area contributed by atoms with Crippen LogP contribution in [0.5, 0.6) is 5.75 Å². The summed E-state index contributed by atoms with van der Waals surface area (Å²) in [5, 5.41) is 2.94. The van der Waals surface area contributed by atoms with E-state index in [1.807, 2.05) is 45.9 Å². The van der Waals surface area contributed by atoms with Crippen molar-refractivity contribution in [2.45, 2.75) is 52.2 Å². The van der Waals surface area contributed by atoms with Gasteiger partial charge in [-0.1, -0.05) is 37.3 Å². The molecule has 29 heavy (non-hydrogen) atoms. The van der Waals surface area contributed by atoms with Gasteiger partial charge in [0.05, 0.1) is 0 Å². The highest BCUT2D eigenvalue weighted by molar-refractivity contribution is 5.88. The zero-order chi connectivity index (χ0) is 21.4. The highest BCUT2D eigenvalue weighted by Gasteiger charge is 2.30. The van der Waals surface area contributed by atoms with Crippen LogP contribution >= 0.6 is 0 Å². The van der Waals surface area contributed by atoms with Crippen LogP contribution in [0.2, 0.25) is 0 Å². The third-order valence-corrected chi connectivity index (χ3v) is 4.26. The number of benzene rings is 2. The van der Waals surface area contributed by atoms with Gasteiger partial charge in [0.15, 0.2) is 6.61 Å². The van der Waals surface area contributed by atoms with Crippen LogP contribution in [0.3, 0.4) is 0 Å². The molecule has 5 nitrogen and oxygen atoms in total. The van der Waals surface area contributed by atoms with Crippen LogP contribution in [0.4, 0.5) is 4.39 Å². The first-order valence-corrected chi connectivity index (χ1v) is 9.73. The van der Waals surface area contributed by atoms with Gasteiger partial charge in [-0.25, -0.2) is 4.39 Å². The molecule has 0 aromatic heterocycles. The first-order chi connectivity index (χ1) is 13.7. The van der Waals surface area contributed by atoms with Crippen molar-refractivity contribution >= 4 is 11.8 Å². The van der Waals surface area contributed by atoms with E-state index >= 15 is 0 Å². The molecule has 0 heterocycles. The zero-order valence-corrected chi connectivity index (χ0v) is 17.4. The SMILES string of the molecule is CCC(C(=O)NC(C)(C)C)N(Cc1ccc(F)cc1)C(=O)COc1ccccc1. The van der Waals surface area contributed by atoms with Gasteiger partial charge in [-0.2, -0.15) is 0 Å². The Morgan fingerprint density at radius 3 is 2.24 bits per heavy atom. The number of ether oxygens (including phenoxy) is 1. The number of hydrogen-bond acceptors (Lipinski definition) is 3. The van der Waals surface area contributed by atoms with Crippen molar-refractivity contribution in [1.82, 2.24) is 10.2 Å². The summed E-state index contributed by atoms with van der Waals surface area (Å²) >= 11 is 0. The fourth-order valence-electron chi connectivity index (χ4n) is 2.90. The maximum atomic E-state index is 13.3. The van der Waals surface area contributed by atoms with Crippen molar-refractivity contribution in [2.75, 3.05) is 6.61 Å². The van der Waals surface area contributed by atoms with Gasteiger partial charge in [-0.15, -0.1) is 0 Å². The standard InChI is InChI=1S/C23H29FN2O3/c1-5-20(22(28)25-23(2,3)4)26(15-17-11-13-18(24)14-12-17)21(27)16-29-19-9-7-6-8-10-19/h6-14,20H,5,15-16H2,1-4H3,(H,25,28). The van der Waals surface area contributed by atoms with Crippen LogP contribution in [0.1, 0.15) is 39.7 Å². The van der Waals surface area contributed by atoms with Gasteiger partial charge >= 0.3 is 0 Å². The second-order valence-electron chi connectivity index (χ2n) is 7.91. The summed E-state index contributed by atoms with van der Waals surface area (Å²) in [5.41, 5.74) is 0.316. The largest absolute Gasteiger partial charge is 0.484 e. The first kappa shape index (κ1) is 22.4. The number of halogens is 1. The lowest BCUT2D eigenvalue weighted by Gasteiger charge is -2.33. The van der Waals surface area contributed by atoms with Crippen LogP contribution in [0.25, 0.3) is 0 Å². The summed E-state index contributed by atoms with van der Waals surface area (Å²) in [4.78, 5) is 27.4. The molecule has 2 aromatic rings. The summed E-state index contributed by atoms with van der Waals surface area (Å²) < 4.78 is 18.9. The molecule has 0 aliphatic heterocycles. The van der Waals surface area contributed by atoms with Crippen LogP contribution in [-0.2, 0) is 16.1 Å². The van der Waals surface area contributed by atoms with Crippen LogP contribution in [-0.4, -0.2) is 34.9 Å². The molecule has 1 atom stereocenters. The van der Waals surface area contributed by atoms with Gasteiger partial charge in [-0.05, 0) is 57.0 Å². The molecule has 2 amide bonds. The maximum Gasteiger partial charge on any atom is 0.261 e. The lowest BCUT2D eigenvalue weighted by molar-refractivity contribution is -0.143. The average Bonchev–Trinajstić information content (AvgIpc) is 2.67. The third kappa shape index (κ3) is 7.22. The maximum absolute atomic E-state index is 13.3. The Balaban J connectivity index is 2.21. The summed E-state index contributed by atoms with van der Waals surface area (Å²) in [7, 11) is 0. The third-order valence-electron chi connectivity index (χ3n) is 4.26. The van der Waals surface area contributed by atoms with E-state index in [0.717, 1.165) is 5.56 Å². The summed E-state index contributed by atoms with van der Waals surface area (Å²) in [6.45, 7) is 7.53. The predicted octanol–water partition coefficient (Wildman–Crippen LogP) is 3.93. The molecule has 0 radical (unpaired) electrons. The average molecular weight is 400 g/mol. The zero-order valence-electron chi connectivity index (χ0n) is 17.4. The molecule has 1 N–H and O–H groups in total. The van der Waals surface area contributed by atoms with E-state index in [0.29, 0.717) is 12.2 Å². The van der Waals surface area contributed by atoms with Crippen molar-refractivity contribution in [3.05, 3.63) is 66.0 Å². The molecule has 0 bridgehead atoms. The monoisotopic (exact) mass is 400 g/mol. The highest BCUT2D eigenvalue weighted by atomic mass is 19.1. The van der Waals surface area contributed by atoms with E-state index in [1.54, 1.807) is 24.3 Å². The minimum atomic E-state index is -0.661. The minimum Gasteiger partial charge on any atom is -0.484 e. The lowest BCUT2D eigenvalue weighted by Crippen LogP contribution is -2.54. The number of para-hydroxylation sites is 1. The lowest BCUT2D eigenvalue weighted by atomic mass is 10.1. The van der Waals surface area contributed by atoms with Gasteiger partial charge in [0.2, 0.25) is 5.91 Å². The van der Waals surface area contributed by atoms with Crippen LogP contribution < -0.4 is 10.1 Å².